The van der Waals surface area contributed by atoms with Gasteiger partial charge in [-0.05, 0) is 12.1 Å². The fourth-order valence-electron chi connectivity index (χ4n) is 2.90. The maximum atomic E-state index is 12.5. The lowest BCUT2D eigenvalue weighted by molar-refractivity contribution is -0.132. The van der Waals surface area contributed by atoms with Crippen LogP contribution in [0.2, 0.25) is 0 Å². The third-order valence-electron chi connectivity index (χ3n) is 4.29. The summed E-state index contributed by atoms with van der Waals surface area (Å²) in [4.78, 5) is 27.8. The highest BCUT2D eigenvalue weighted by Crippen LogP contribution is 2.28. The Kier molecular flexibility index (Phi) is 5.35. The second kappa shape index (κ2) is 7.85. The Hall–Kier alpha value is -3.10. The third-order valence-corrected chi connectivity index (χ3v) is 4.29. The van der Waals surface area contributed by atoms with Crippen molar-refractivity contribution in [1.82, 2.24) is 19.9 Å². The monoisotopic (exact) mass is 359 g/mol. The fourth-order valence-corrected chi connectivity index (χ4v) is 2.90. The third kappa shape index (κ3) is 3.76. The highest BCUT2D eigenvalue weighted by atomic mass is 16.5. The van der Waals surface area contributed by atoms with E-state index in [0.29, 0.717) is 13.1 Å². The first-order valence-electron chi connectivity index (χ1n) is 8.26. The Morgan fingerprint density at radius 2 is 1.85 bits per heavy atom. The summed E-state index contributed by atoms with van der Waals surface area (Å²) in [5.41, 5.74) is 1.11. The molecule has 9 heteroatoms. The van der Waals surface area contributed by atoms with Crippen LogP contribution in [0.15, 0.2) is 30.5 Å². The Morgan fingerprint density at radius 1 is 1.12 bits per heavy atom. The number of amides is 1. The van der Waals surface area contributed by atoms with E-state index in [1.807, 2.05) is 24.3 Å². The van der Waals surface area contributed by atoms with Gasteiger partial charge in [-0.1, -0.05) is 17.3 Å². The summed E-state index contributed by atoms with van der Waals surface area (Å²) in [6, 6.07) is 7.85. The zero-order valence-electron chi connectivity index (χ0n) is 14.8. The van der Waals surface area contributed by atoms with E-state index in [1.54, 1.807) is 12.0 Å². The van der Waals surface area contributed by atoms with Gasteiger partial charge in [0.2, 0.25) is 5.91 Å². The van der Waals surface area contributed by atoms with Crippen LogP contribution in [0.3, 0.4) is 0 Å². The zero-order valence-corrected chi connectivity index (χ0v) is 14.8. The highest BCUT2D eigenvalue weighted by molar-refractivity contribution is 5.86. The van der Waals surface area contributed by atoms with Gasteiger partial charge in [-0.25, -0.2) is 9.48 Å². The molecule has 2 aromatic rings. The molecule has 0 N–H and O–H groups in total. The number of carbonyl (C=O) groups is 2. The Balaban J connectivity index is 1.57. The molecule has 2 heterocycles. The van der Waals surface area contributed by atoms with Crippen molar-refractivity contribution in [3.8, 4) is 5.75 Å². The molecule has 1 aromatic heterocycles. The van der Waals surface area contributed by atoms with E-state index in [4.69, 9.17) is 4.74 Å². The number of para-hydroxylation sites is 2. The van der Waals surface area contributed by atoms with Crippen LogP contribution >= 0.6 is 0 Å². The molecule has 1 fully saturated rings. The molecule has 1 aliphatic heterocycles. The number of rotatable bonds is 5. The van der Waals surface area contributed by atoms with Crippen molar-refractivity contribution in [2.45, 2.75) is 6.54 Å². The number of ether oxygens (including phenoxy) is 2. The second-order valence-corrected chi connectivity index (χ2v) is 5.83. The minimum Gasteiger partial charge on any atom is -0.495 e. The number of hydrogen-bond acceptors (Lipinski definition) is 7. The number of hydrogen-bond donors (Lipinski definition) is 0. The van der Waals surface area contributed by atoms with Crippen LogP contribution in [0.4, 0.5) is 5.69 Å². The van der Waals surface area contributed by atoms with Gasteiger partial charge in [-0.15, -0.1) is 5.10 Å². The average molecular weight is 359 g/mol. The number of nitrogens with zero attached hydrogens (tertiary/aromatic N) is 5. The predicted molar refractivity (Wildman–Crippen MR) is 93.1 cm³/mol. The van der Waals surface area contributed by atoms with E-state index >= 15 is 0 Å². The van der Waals surface area contributed by atoms with Gasteiger partial charge < -0.3 is 19.3 Å². The zero-order chi connectivity index (χ0) is 18.5. The van der Waals surface area contributed by atoms with E-state index < -0.39 is 5.97 Å². The lowest BCUT2D eigenvalue weighted by atomic mass is 10.2. The lowest BCUT2D eigenvalue weighted by Gasteiger charge is -2.36. The van der Waals surface area contributed by atoms with Crippen molar-refractivity contribution >= 4 is 17.6 Å². The van der Waals surface area contributed by atoms with Crippen molar-refractivity contribution in [3.63, 3.8) is 0 Å². The van der Waals surface area contributed by atoms with Crippen LogP contribution in [0.25, 0.3) is 0 Å². The van der Waals surface area contributed by atoms with Gasteiger partial charge in [0.1, 0.15) is 12.3 Å². The fraction of sp³-hybridized carbons (Fsp3) is 0.412. The first-order valence-corrected chi connectivity index (χ1v) is 8.26. The van der Waals surface area contributed by atoms with Gasteiger partial charge in [-0.3, -0.25) is 4.79 Å². The van der Waals surface area contributed by atoms with Crippen LogP contribution in [0.5, 0.6) is 5.75 Å². The molecule has 1 amide bonds. The average Bonchev–Trinajstić information content (AvgIpc) is 3.16. The second-order valence-electron chi connectivity index (χ2n) is 5.83. The van der Waals surface area contributed by atoms with Gasteiger partial charge in [0.15, 0.2) is 5.69 Å². The van der Waals surface area contributed by atoms with E-state index in [0.717, 1.165) is 24.5 Å². The van der Waals surface area contributed by atoms with Gasteiger partial charge in [0.25, 0.3) is 0 Å². The van der Waals surface area contributed by atoms with Crippen molar-refractivity contribution in [2.75, 3.05) is 45.3 Å². The standard InChI is InChI=1S/C17H21N5O4/c1-25-15-6-4-3-5-14(15)20-7-9-21(10-8-20)16(23)12-22-11-13(18-19-22)17(24)26-2/h3-6,11H,7-10,12H2,1-2H3. The Morgan fingerprint density at radius 3 is 2.54 bits per heavy atom. The van der Waals surface area contributed by atoms with E-state index in [-0.39, 0.29) is 18.1 Å². The van der Waals surface area contributed by atoms with Gasteiger partial charge >= 0.3 is 5.97 Å². The number of methoxy groups -OCH3 is 2. The SMILES string of the molecule is COC(=O)c1cn(CC(=O)N2CCN(c3ccccc3OC)CC2)nn1. The van der Waals surface area contributed by atoms with Crippen molar-refractivity contribution in [3.05, 3.63) is 36.2 Å². The van der Waals surface area contributed by atoms with E-state index in [2.05, 4.69) is 19.9 Å². The van der Waals surface area contributed by atoms with Crippen LogP contribution in [0, 0.1) is 0 Å². The largest absolute Gasteiger partial charge is 0.495 e. The van der Waals surface area contributed by atoms with Crippen LogP contribution in [-0.2, 0) is 16.1 Å². The number of piperazine rings is 1. The molecule has 138 valence electrons. The molecule has 9 nitrogen and oxygen atoms in total. The van der Waals surface area contributed by atoms with Crippen LogP contribution < -0.4 is 9.64 Å². The normalized spacial score (nSPS) is 14.2. The summed E-state index contributed by atoms with van der Waals surface area (Å²) in [5.74, 6) is 0.186. The minimum atomic E-state index is -0.575. The summed E-state index contributed by atoms with van der Waals surface area (Å²) < 4.78 is 11.3. The summed E-state index contributed by atoms with van der Waals surface area (Å²) in [6.07, 6.45) is 1.41. The number of benzene rings is 1. The maximum Gasteiger partial charge on any atom is 0.360 e. The molecule has 26 heavy (non-hydrogen) atoms. The topological polar surface area (TPSA) is 89.8 Å². The van der Waals surface area contributed by atoms with E-state index in [9.17, 15) is 9.59 Å². The molecule has 0 unspecified atom stereocenters. The molecule has 0 atom stereocenters. The summed E-state index contributed by atoms with van der Waals surface area (Å²) >= 11 is 0. The minimum absolute atomic E-state index is 0.0403. The van der Waals surface area contributed by atoms with Crippen molar-refractivity contribution in [2.24, 2.45) is 0 Å². The highest BCUT2D eigenvalue weighted by Gasteiger charge is 2.23. The summed E-state index contributed by atoms with van der Waals surface area (Å²) in [5, 5.41) is 7.50. The number of aromatic nitrogens is 3. The summed E-state index contributed by atoms with van der Waals surface area (Å²) in [6.45, 7) is 2.69. The van der Waals surface area contributed by atoms with Crippen molar-refractivity contribution < 1.29 is 19.1 Å². The molecule has 0 radical (unpaired) electrons. The van der Waals surface area contributed by atoms with Gasteiger partial charge in [0.05, 0.1) is 26.1 Å². The van der Waals surface area contributed by atoms with Crippen molar-refractivity contribution in [1.29, 1.82) is 0 Å². The molecule has 1 aromatic carbocycles. The Bertz CT molecular complexity index is 783. The molecule has 0 spiro atoms. The number of anilines is 1. The smallest absolute Gasteiger partial charge is 0.360 e. The maximum absolute atomic E-state index is 12.5. The number of carbonyl (C=O) groups excluding carboxylic acids is 2. The molecule has 0 bridgehead atoms. The Labute approximate surface area is 151 Å². The van der Waals surface area contributed by atoms with Crippen LogP contribution in [0.1, 0.15) is 10.5 Å². The molecular formula is C17H21N5O4. The molecule has 1 saturated heterocycles. The van der Waals surface area contributed by atoms with Crippen LogP contribution in [-0.4, -0.2) is 72.2 Å². The predicted octanol–water partition coefficient (Wildman–Crippen LogP) is 0.422. The molecule has 0 saturated carbocycles. The molecule has 3 rings (SSSR count). The molecule has 0 aliphatic carbocycles. The van der Waals surface area contributed by atoms with E-state index in [1.165, 1.54) is 18.0 Å². The van der Waals surface area contributed by atoms with Gasteiger partial charge in [-0.2, -0.15) is 0 Å². The van der Waals surface area contributed by atoms with Gasteiger partial charge in [0, 0.05) is 26.2 Å². The molecule has 1 aliphatic rings. The number of esters is 1. The molecular weight excluding hydrogens is 338 g/mol. The summed E-state index contributed by atoms with van der Waals surface area (Å²) in [7, 11) is 2.92. The lowest BCUT2D eigenvalue weighted by Crippen LogP contribution is -2.49. The first-order chi connectivity index (χ1) is 12.6. The first kappa shape index (κ1) is 17.7. The quantitative estimate of drug-likeness (QED) is 0.715.